The Bertz CT molecular complexity index is 283. The van der Waals surface area contributed by atoms with Crippen molar-refractivity contribution in [3.8, 4) is 0 Å². The fourth-order valence-corrected chi connectivity index (χ4v) is 1.67. The molecule has 0 saturated carbocycles. The Labute approximate surface area is 82.2 Å². The molecule has 2 N–H and O–H groups in total. The molecule has 4 heteroatoms. The van der Waals surface area contributed by atoms with E-state index in [9.17, 15) is 4.79 Å². The molecule has 0 unspecified atom stereocenters. The third-order valence-corrected chi connectivity index (χ3v) is 2.59. The third-order valence-electron chi connectivity index (χ3n) is 1.64. The summed E-state index contributed by atoms with van der Waals surface area (Å²) in [5, 5.41) is 8.70. The number of rotatable bonds is 4. The van der Waals surface area contributed by atoms with Crippen LogP contribution in [0.4, 0.5) is 5.00 Å². The van der Waals surface area contributed by atoms with Gasteiger partial charge in [0.05, 0.1) is 10.6 Å². The topological polar surface area (TPSA) is 41.1 Å². The van der Waals surface area contributed by atoms with Gasteiger partial charge in [-0.15, -0.1) is 11.3 Å². The first-order valence-corrected chi connectivity index (χ1v) is 5.20. The van der Waals surface area contributed by atoms with Gasteiger partial charge < -0.3 is 10.6 Å². The van der Waals surface area contributed by atoms with Crippen molar-refractivity contribution in [2.75, 3.05) is 18.9 Å². The molecule has 13 heavy (non-hydrogen) atoms. The van der Waals surface area contributed by atoms with E-state index in [0.717, 1.165) is 23.5 Å². The predicted molar refractivity (Wildman–Crippen MR) is 56.5 cm³/mol. The van der Waals surface area contributed by atoms with Gasteiger partial charge in [-0.1, -0.05) is 6.92 Å². The average molecular weight is 198 g/mol. The molecule has 1 aromatic rings. The standard InChI is InChI=1S/C9H14N2OS/c1-3-4-11-9(12)7-5-8(10-2)13-6-7/h5-6,10H,3-4H2,1-2H3,(H,11,12). The van der Waals surface area contributed by atoms with Crippen molar-refractivity contribution in [3.05, 3.63) is 17.0 Å². The van der Waals surface area contributed by atoms with E-state index < -0.39 is 0 Å². The van der Waals surface area contributed by atoms with Crippen molar-refractivity contribution in [1.29, 1.82) is 0 Å². The van der Waals surface area contributed by atoms with Gasteiger partial charge in [0.1, 0.15) is 0 Å². The minimum absolute atomic E-state index is 0.0135. The fourth-order valence-electron chi connectivity index (χ4n) is 0.927. The zero-order valence-corrected chi connectivity index (χ0v) is 8.70. The van der Waals surface area contributed by atoms with Gasteiger partial charge in [-0.2, -0.15) is 0 Å². The molecule has 0 fully saturated rings. The van der Waals surface area contributed by atoms with E-state index in [1.807, 2.05) is 25.4 Å². The zero-order valence-electron chi connectivity index (χ0n) is 7.89. The van der Waals surface area contributed by atoms with Crippen LogP contribution in [0.2, 0.25) is 0 Å². The maximum atomic E-state index is 11.4. The summed E-state index contributed by atoms with van der Waals surface area (Å²) in [5.74, 6) is 0.0135. The highest BCUT2D eigenvalue weighted by Crippen LogP contribution is 2.19. The van der Waals surface area contributed by atoms with Crippen molar-refractivity contribution < 1.29 is 4.79 Å². The Morgan fingerprint density at radius 3 is 2.92 bits per heavy atom. The van der Waals surface area contributed by atoms with Crippen LogP contribution >= 0.6 is 11.3 Å². The third kappa shape index (κ3) is 2.73. The molecule has 1 aromatic heterocycles. The Morgan fingerprint density at radius 1 is 1.62 bits per heavy atom. The van der Waals surface area contributed by atoms with Gasteiger partial charge in [-0.05, 0) is 12.5 Å². The molecule has 1 amide bonds. The highest BCUT2D eigenvalue weighted by atomic mass is 32.1. The van der Waals surface area contributed by atoms with E-state index in [4.69, 9.17) is 0 Å². The van der Waals surface area contributed by atoms with Crippen molar-refractivity contribution in [2.45, 2.75) is 13.3 Å². The summed E-state index contributed by atoms with van der Waals surface area (Å²) < 4.78 is 0. The first kappa shape index (κ1) is 10.1. The van der Waals surface area contributed by atoms with Crippen LogP contribution in [0.25, 0.3) is 0 Å². The van der Waals surface area contributed by atoms with Gasteiger partial charge >= 0.3 is 0 Å². The normalized spacial score (nSPS) is 9.69. The zero-order chi connectivity index (χ0) is 9.68. The van der Waals surface area contributed by atoms with E-state index in [1.165, 1.54) is 11.3 Å². The summed E-state index contributed by atoms with van der Waals surface area (Å²) >= 11 is 1.54. The molecule has 0 saturated heterocycles. The lowest BCUT2D eigenvalue weighted by Crippen LogP contribution is -2.23. The molecule has 1 rings (SSSR count). The number of amides is 1. The van der Waals surface area contributed by atoms with Crippen LogP contribution in [0.15, 0.2) is 11.4 Å². The minimum atomic E-state index is 0.0135. The lowest BCUT2D eigenvalue weighted by Gasteiger charge is -1.99. The Kier molecular flexibility index (Phi) is 3.76. The monoisotopic (exact) mass is 198 g/mol. The first-order chi connectivity index (χ1) is 6.27. The number of thiophene rings is 1. The summed E-state index contributed by atoms with van der Waals surface area (Å²) in [5.41, 5.74) is 0.739. The fraction of sp³-hybridized carbons (Fsp3) is 0.444. The number of hydrogen-bond donors (Lipinski definition) is 2. The molecule has 72 valence electrons. The Morgan fingerprint density at radius 2 is 2.38 bits per heavy atom. The Hall–Kier alpha value is -1.03. The molecule has 0 spiro atoms. The molecule has 1 heterocycles. The van der Waals surface area contributed by atoms with Gasteiger partial charge in [0.2, 0.25) is 0 Å². The van der Waals surface area contributed by atoms with E-state index in [2.05, 4.69) is 10.6 Å². The maximum absolute atomic E-state index is 11.4. The lowest BCUT2D eigenvalue weighted by molar-refractivity contribution is 0.0954. The summed E-state index contributed by atoms with van der Waals surface area (Å²) in [6.45, 7) is 2.77. The number of carbonyl (C=O) groups is 1. The Balaban J connectivity index is 2.55. The molecule has 0 aliphatic rings. The van der Waals surface area contributed by atoms with Crippen molar-refractivity contribution in [3.63, 3.8) is 0 Å². The van der Waals surface area contributed by atoms with Crippen LogP contribution in [0.3, 0.4) is 0 Å². The first-order valence-electron chi connectivity index (χ1n) is 4.32. The molecule has 0 atom stereocenters. The molecule has 0 aromatic carbocycles. The van der Waals surface area contributed by atoms with E-state index in [-0.39, 0.29) is 5.91 Å². The van der Waals surface area contributed by atoms with E-state index >= 15 is 0 Å². The summed E-state index contributed by atoms with van der Waals surface area (Å²) in [7, 11) is 1.85. The molecule has 0 aliphatic heterocycles. The van der Waals surface area contributed by atoms with Gasteiger partial charge in [0.25, 0.3) is 5.91 Å². The second-order valence-corrected chi connectivity index (χ2v) is 3.62. The number of hydrogen-bond acceptors (Lipinski definition) is 3. The van der Waals surface area contributed by atoms with Crippen molar-refractivity contribution >= 4 is 22.2 Å². The van der Waals surface area contributed by atoms with E-state index in [0.29, 0.717) is 0 Å². The maximum Gasteiger partial charge on any atom is 0.252 e. The number of nitrogens with one attached hydrogen (secondary N) is 2. The quantitative estimate of drug-likeness (QED) is 0.776. The second kappa shape index (κ2) is 4.87. The smallest absolute Gasteiger partial charge is 0.252 e. The summed E-state index contributed by atoms with van der Waals surface area (Å²) in [4.78, 5) is 11.4. The van der Waals surface area contributed by atoms with E-state index in [1.54, 1.807) is 0 Å². The van der Waals surface area contributed by atoms with Crippen molar-refractivity contribution in [2.24, 2.45) is 0 Å². The molecule has 3 nitrogen and oxygen atoms in total. The molecule has 0 radical (unpaired) electrons. The average Bonchev–Trinajstić information content (AvgIpc) is 2.62. The second-order valence-electron chi connectivity index (χ2n) is 2.71. The van der Waals surface area contributed by atoms with Crippen LogP contribution in [0.1, 0.15) is 23.7 Å². The summed E-state index contributed by atoms with van der Waals surface area (Å²) in [6.07, 6.45) is 0.967. The molecule has 0 bridgehead atoms. The van der Waals surface area contributed by atoms with Gasteiger partial charge in [0, 0.05) is 19.0 Å². The van der Waals surface area contributed by atoms with Crippen LogP contribution < -0.4 is 10.6 Å². The van der Waals surface area contributed by atoms with Crippen LogP contribution in [0, 0.1) is 0 Å². The minimum Gasteiger partial charge on any atom is -0.380 e. The van der Waals surface area contributed by atoms with Gasteiger partial charge in [-0.25, -0.2) is 0 Å². The van der Waals surface area contributed by atoms with Gasteiger partial charge in [0.15, 0.2) is 0 Å². The number of anilines is 1. The predicted octanol–water partition coefficient (Wildman–Crippen LogP) is 1.93. The van der Waals surface area contributed by atoms with Crippen LogP contribution in [0.5, 0.6) is 0 Å². The van der Waals surface area contributed by atoms with Crippen molar-refractivity contribution in [1.82, 2.24) is 5.32 Å². The molecular formula is C9H14N2OS. The molecule has 0 aliphatic carbocycles. The molecular weight excluding hydrogens is 184 g/mol. The van der Waals surface area contributed by atoms with Gasteiger partial charge in [-0.3, -0.25) is 4.79 Å². The number of carbonyl (C=O) groups excluding carboxylic acids is 1. The summed E-state index contributed by atoms with van der Waals surface area (Å²) in [6, 6.07) is 1.86. The highest BCUT2D eigenvalue weighted by Gasteiger charge is 2.06. The largest absolute Gasteiger partial charge is 0.380 e. The van der Waals surface area contributed by atoms with Crippen LogP contribution in [-0.4, -0.2) is 19.5 Å². The lowest BCUT2D eigenvalue weighted by atomic mass is 10.3. The SMILES string of the molecule is CCCNC(=O)c1csc(NC)c1. The highest BCUT2D eigenvalue weighted by molar-refractivity contribution is 7.14. The van der Waals surface area contributed by atoms with Crippen LogP contribution in [-0.2, 0) is 0 Å².